The quantitative estimate of drug-likeness (QED) is 0.121. The van der Waals surface area contributed by atoms with Gasteiger partial charge in [0.2, 0.25) is 0 Å². The lowest BCUT2D eigenvalue weighted by molar-refractivity contribution is 0.702. The van der Waals surface area contributed by atoms with Crippen molar-refractivity contribution >= 4 is 53.9 Å². The average molecular weight is 779 g/mol. The molecule has 0 aliphatic heterocycles. The number of unbranched alkanes of at least 4 members (excludes halogenated alkanes) is 3. The van der Waals surface area contributed by atoms with E-state index in [-0.39, 0.29) is 0 Å². The van der Waals surface area contributed by atoms with E-state index in [0.717, 1.165) is 0 Å². The lowest BCUT2D eigenvalue weighted by Crippen LogP contribution is -2.26. The number of rotatable bonds is 5. The Morgan fingerprint density at radius 3 is 1.49 bits per heavy atom. The van der Waals surface area contributed by atoms with Crippen LogP contribution in [-0.4, -0.2) is 0 Å². The molecule has 61 heavy (non-hydrogen) atoms. The molecule has 0 amide bonds. The van der Waals surface area contributed by atoms with Gasteiger partial charge in [-0.2, -0.15) is 0 Å². The smallest absolute Gasteiger partial charge is 0.0654 e. The highest BCUT2D eigenvalue weighted by Gasteiger charge is 2.52. The SMILES string of the molecule is CCCCCC.c1ccc2c(c1)-c1ccccc1C21c2cc(-c3ccc4ccccc4c3)ccc2-c2c1cc1ccc3c(-c4ccc5ccccc5c4)ccc4ccc2c1c43. The van der Waals surface area contributed by atoms with Gasteiger partial charge in [0.15, 0.2) is 0 Å². The van der Waals surface area contributed by atoms with E-state index in [0.29, 0.717) is 0 Å². The van der Waals surface area contributed by atoms with Gasteiger partial charge < -0.3 is 0 Å². The first kappa shape index (κ1) is 35.9. The molecule has 0 radical (unpaired) electrons. The zero-order valence-corrected chi connectivity index (χ0v) is 34.8. The van der Waals surface area contributed by atoms with Gasteiger partial charge in [0, 0.05) is 0 Å². The zero-order chi connectivity index (χ0) is 40.7. The van der Waals surface area contributed by atoms with Crippen molar-refractivity contribution in [2.24, 2.45) is 0 Å². The highest BCUT2D eigenvalue weighted by Crippen LogP contribution is 2.65. The van der Waals surface area contributed by atoms with E-state index >= 15 is 0 Å². The number of fused-ring (bicyclic) bond motifs is 13. The number of benzene rings is 11. The van der Waals surface area contributed by atoms with E-state index in [1.54, 1.807) is 0 Å². The van der Waals surface area contributed by atoms with Crippen LogP contribution in [0.15, 0.2) is 194 Å². The second-order valence-electron chi connectivity index (χ2n) is 17.3. The molecule has 0 atom stereocenters. The highest BCUT2D eigenvalue weighted by atomic mass is 14.5. The summed E-state index contributed by atoms with van der Waals surface area (Å²) in [6.07, 6.45) is 5.54. The highest BCUT2D eigenvalue weighted by molar-refractivity contribution is 6.29. The zero-order valence-electron chi connectivity index (χ0n) is 34.8. The van der Waals surface area contributed by atoms with Crippen LogP contribution in [0.5, 0.6) is 0 Å². The van der Waals surface area contributed by atoms with Crippen LogP contribution in [0.1, 0.15) is 61.8 Å². The maximum Gasteiger partial charge on any atom is 0.0726 e. The average Bonchev–Trinajstić information content (AvgIpc) is 3.79. The molecule has 13 rings (SSSR count). The first-order valence-corrected chi connectivity index (χ1v) is 22.2. The molecule has 0 heteroatoms. The minimum Gasteiger partial charge on any atom is -0.0654 e. The number of hydrogen-bond donors (Lipinski definition) is 0. The summed E-state index contributed by atoms with van der Waals surface area (Å²) in [6, 6.07) is 73.5. The molecule has 11 aromatic carbocycles. The van der Waals surface area contributed by atoms with E-state index in [1.165, 1.54) is 146 Å². The predicted octanol–water partition coefficient (Wildman–Crippen LogP) is 17.2. The van der Waals surface area contributed by atoms with Crippen LogP contribution in [0.25, 0.3) is 98.4 Å². The topological polar surface area (TPSA) is 0 Å². The molecule has 1 spiro atoms. The van der Waals surface area contributed by atoms with Crippen LogP contribution in [0.2, 0.25) is 0 Å². The summed E-state index contributed by atoms with van der Waals surface area (Å²) in [5.41, 5.74) is 15.5. The Labute approximate surface area is 358 Å². The number of hydrogen-bond acceptors (Lipinski definition) is 0. The normalized spacial score (nSPS) is 13.1. The fourth-order valence-corrected chi connectivity index (χ4v) is 11.2. The molecule has 0 saturated carbocycles. The molecule has 0 fully saturated rings. The van der Waals surface area contributed by atoms with Crippen LogP contribution in [-0.2, 0) is 5.41 Å². The van der Waals surface area contributed by atoms with Gasteiger partial charge in [-0.25, -0.2) is 0 Å². The maximum atomic E-state index is 2.55. The van der Waals surface area contributed by atoms with Crippen molar-refractivity contribution in [2.75, 3.05) is 0 Å². The van der Waals surface area contributed by atoms with Gasteiger partial charge in [-0.1, -0.05) is 209 Å². The molecule has 0 nitrogen and oxygen atoms in total. The summed E-state index contributed by atoms with van der Waals surface area (Å²) in [5, 5.41) is 13.0. The third-order valence-electron chi connectivity index (χ3n) is 13.9. The minimum atomic E-state index is -0.439. The molecular formula is C61H46. The predicted molar refractivity (Wildman–Crippen MR) is 262 cm³/mol. The van der Waals surface area contributed by atoms with Crippen molar-refractivity contribution in [1.82, 2.24) is 0 Å². The molecule has 0 bridgehead atoms. The van der Waals surface area contributed by atoms with Crippen molar-refractivity contribution in [3.05, 3.63) is 216 Å². The largest absolute Gasteiger partial charge is 0.0726 e. The molecule has 0 N–H and O–H groups in total. The lowest BCUT2D eigenvalue weighted by Gasteiger charge is -2.31. The molecular weight excluding hydrogens is 733 g/mol. The monoisotopic (exact) mass is 778 g/mol. The van der Waals surface area contributed by atoms with E-state index in [2.05, 4.69) is 208 Å². The molecule has 290 valence electrons. The first-order valence-electron chi connectivity index (χ1n) is 22.2. The molecule has 0 heterocycles. The van der Waals surface area contributed by atoms with Gasteiger partial charge >= 0.3 is 0 Å². The van der Waals surface area contributed by atoms with Gasteiger partial charge in [0.25, 0.3) is 0 Å². The summed E-state index contributed by atoms with van der Waals surface area (Å²) in [7, 11) is 0. The van der Waals surface area contributed by atoms with E-state index in [1.807, 2.05) is 0 Å². The van der Waals surface area contributed by atoms with Crippen LogP contribution in [0.3, 0.4) is 0 Å². The molecule has 2 aliphatic rings. The Hall–Kier alpha value is -7.02. The summed E-state index contributed by atoms with van der Waals surface area (Å²) >= 11 is 0. The van der Waals surface area contributed by atoms with E-state index in [9.17, 15) is 0 Å². The second-order valence-corrected chi connectivity index (χ2v) is 17.3. The minimum absolute atomic E-state index is 0.439. The van der Waals surface area contributed by atoms with Crippen molar-refractivity contribution in [2.45, 2.75) is 44.9 Å². The van der Waals surface area contributed by atoms with Gasteiger partial charge in [-0.3, -0.25) is 0 Å². The van der Waals surface area contributed by atoms with Crippen LogP contribution < -0.4 is 0 Å². The fourth-order valence-electron chi connectivity index (χ4n) is 11.2. The molecule has 11 aromatic rings. The van der Waals surface area contributed by atoms with Crippen LogP contribution in [0, 0.1) is 0 Å². The molecule has 0 saturated heterocycles. The molecule has 0 unspecified atom stereocenters. The van der Waals surface area contributed by atoms with Crippen LogP contribution >= 0.6 is 0 Å². The third kappa shape index (κ3) is 5.25. The summed E-state index contributed by atoms with van der Waals surface area (Å²) < 4.78 is 0. The maximum absolute atomic E-state index is 2.55. The Morgan fingerprint density at radius 2 is 0.803 bits per heavy atom. The van der Waals surface area contributed by atoms with Crippen molar-refractivity contribution < 1.29 is 0 Å². The van der Waals surface area contributed by atoms with Gasteiger partial charge in [-0.05, 0) is 145 Å². The first-order chi connectivity index (χ1) is 30.2. The lowest BCUT2D eigenvalue weighted by atomic mass is 9.69. The van der Waals surface area contributed by atoms with Gasteiger partial charge in [0.1, 0.15) is 0 Å². The standard InChI is InChI=1S/C55H32.C6H14/c1-3-11-36-29-38(19-17-33(36)9-1)39-23-27-46-50(31-39)55(48-15-7-5-13-43(48)44-14-6-8-16-49(44)55)51-32-41-24-26-45-42(40-20-18-34-10-2-4-12-37(34)30-40)25-21-35-22-28-47(54(46)51)53(41)52(35)45;1-3-5-6-4-2/h1-32H;3-6H2,1-2H3. The van der Waals surface area contributed by atoms with E-state index < -0.39 is 5.41 Å². The third-order valence-corrected chi connectivity index (χ3v) is 13.9. The van der Waals surface area contributed by atoms with Crippen molar-refractivity contribution in [3.63, 3.8) is 0 Å². The fraction of sp³-hybridized carbons (Fsp3) is 0.115. The molecule has 2 aliphatic carbocycles. The summed E-state index contributed by atoms with van der Waals surface area (Å²) in [6.45, 7) is 4.46. The molecule has 0 aromatic heterocycles. The van der Waals surface area contributed by atoms with Crippen molar-refractivity contribution in [3.8, 4) is 44.5 Å². The second kappa shape index (κ2) is 14.0. The summed E-state index contributed by atoms with van der Waals surface area (Å²) in [5.74, 6) is 0. The summed E-state index contributed by atoms with van der Waals surface area (Å²) in [4.78, 5) is 0. The Balaban J connectivity index is 0.000000623. The Bertz CT molecular complexity index is 3460. The van der Waals surface area contributed by atoms with Gasteiger partial charge in [0.05, 0.1) is 5.41 Å². The van der Waals surface area contributed by atoms with Gasteiger partial charge in [-0.15, -0.1) is 0 Å². The van der Waals surface area contributed by atoms with E-state index in [4.69, 9.17) is 0 Å². The Kier molecular flexibility index (Phi) is 8.26. The Morgan fingerprint density at radius 1 is 0.311 bits per heavy atom. The van der Waals surface area contributed by atoms with Crippen molar-refractivity contribution in [1.29, 1.82) is 0 Å². The van der Waals surface area contributed by atoms with Crippen LogP contribution in [0.4, 0.5) is 0 Å².